The Morgan fingerprint density at radius 2 is 1.87 bits per heavy atom. The molecule has 0 amide bonds. The minimum Gasteiger partial charge on any atom is -0.394 e. The third-order valence-electron chi connectivity index (χ3n) is 2.69. The zero-order chi connectivity index (χ0) is 11.6. The first-order chi connectivity index (χ1) is 7.02. The van der Waals surface area contributed by atoms with Gasteiger partial charge in [0.1, 0.15) is 5.82 Å². The van der Waals surface area contributed by atoms with Crippen molar-refractivity contribution in [1.82, 2.24) is 9.78 Å². The summed E-state index contributed by atoms with van der Waals surface area (Å²) in [5, 5.41) is 4.48. The summed E-state index contributed by atoms with van der Waals surface area (Å²) < 4.78 is 1.89. The summed E-state index contributed by atoms with van der Waals surface area (Å²) in [5.41, 5.74) is 7.96. The molecule has 0 atom stereocenters. The second kappa shape index (κ2) is 4.55. The van der Waals surface area contributed by atoms with Gasteiger partial charge in [-0.3, -0.25) is 4.68 Å². The Balaban J connectivity index is 3.18. The lowest BCUT2D eigenvalue weighted by atomic mass is 10.1. The van der Waals surface area contributed by atoms with Crippen LogP contribution in [0.5, 0.6) is 0 Å². The van der Waals surface area contributed by atoms with Crippen LogP contribution >= 0.6 is 0 Å². The third kappa shape index (κ3) is 2.08. The van der Waals surface area contributed by atoms with Crippen LogP contribution in [0, 0.1) is 0 Å². The first-order valence-electron chi connectivity index (χ1n) is 5.60. The molecule has 0 fully saturated rings. The molecule has 0 unspecified atom stereocenters. The Bertz CT molecular complexity index is 324. The third-order valence-corrected chi connectivity index (χ3v) is 2.69. The van der Waals surface area contributed by atoms with Crippen molar-refractivity contribution in [1.29, 1.82) is 0 Å². The van der Waals surface area contributed by atoms with Gasteiger partial charge in [0.2, 0.25) is 0 Å². The van der Waals surface area contributed by atoms with Gasteiger partial charge in [0.15, 0.2) is 0 Å². The molecule has 0 saturated heterocycles. The van der Waals surface area contributed by atoms with E-state index in [-0.39, 0.29) is 0 Å². The molecule has 0 aliphatic carbocycles. The van der Waals surface area contributed by atoms with Gasteiger partial charge >= 0.3 is 0 Å². The van der Waals surface area contributed by atoms with Crippen LogP contribution in [-0.4, -0.2) is 22.9 Å². The maximum Gasteiger partial charge on any atom is 0.150 e. The second-order valence-corrected chi connectivity index (χ2v) is 4.07. The summed E-state index contributed by atoms with van der Waals surface area (Å²) in [6.45, 7) is 10.4. The number of aromatic nitrogens is 2. The molecular weight excluding hydrogens is 188 g/mol. The zero-order valence-electron chi connectivity index (χ0n) is 10.4. The van der Waals surface area contributed by atoms with Gasteiger partial charge in [-0.05, 0) is 19.8 Å². The largest absolute Gasteiger partial charge is 0.394 e. The van der Waals surface area contributed by atoms with Crippen LogP contribution in [0.15, 0.2) is 0 Å². The maximum atomic E-state index is 6.13. The summed E-state index contributed by atoms with van der Waals surface area (Å²) in [7, 11) is 1.95. The highest BCUT2D eigenvalue weighted by molar-refractivity contribution is 5.67. The van der Waals surface area contributed by atoms with E-state index in [0.717, 1.165) is 30.3 Å². The number of hydrogen-bond donors (Lipinski definition) is 1. The second-order valence-electron chi connectivity index (χ2n) is 4.07. The lowest BCUT2D eigenvalue weighted by molar-refractivity contribution is 0.692. The fourth-order valence-electron chi connectivity index (χ4n) is 1.88. The number of aryl methyl sites for hydroxylation is 1. The van der Waals surface area contributed by atoms with E-state index in [1.165, 1.54) is 0 Å². The number of rotatable bonds is 4. The van der Waals surface area contributed by atoms with E-state index >= 15 is 0 Å². The van der Waals surface area contributed by atoms with Gasteiger partial charge in [-0.2, -0.15) is 5.10 Å². The standard InChI is InChI=1S/C11H22N4/c1-6-15(7-2)11-9(12)10(8(3)4)13-14(11)5/h8H,6-7,12H2,1-5H3. The van der Waals surface area contributed by atoms with Gasteiger partial charge in [-0.15, -0.1) is 0 Å². The number of hydrogen-bond acceptors (Lipinski definition) is 3. The molecule has 0 aromatic carbocycles. The average Bonchev–Trinajstić information content (AvgIpc) is 2.47. The molecule has 0 spiro atoms. The van der Waals surface area contributed by atoms with Gasteiger partial charge in [-0.25, -0.2) is 0 Å². The lowest BCUT2D eigenvalue weighted by Gasteiger charge is -2.21. The smallest absolute Gasteiger partial charge is 0.150 e. The van der Waals surface area contributed by atoms with E-state index < -0.39 is 0 Å². The first kappa shape index (κ1) is 11.9. The van der Waals surface area contributed by atoms with Crippen LogP contribution in [0.1, 0.15) is 39.3 Å². The molecule has 15 heavy (non-hydrogen) atoms. The quantitative estimate of drug-likeness (QED) is 0.826. The van der Waals surface area contributed by atoms with E-state index in [0.29, 0.717) is 5.92 Å². The highest BCUT2D eigenvalue weighted by Gasteiger charge is 2.18. The summed E-state index contributed by atoms with van der Waals surface area (Å²) in [6, 6.07) is 0. The number of anilines is 2. The van der Waals surface area contributed by atoms with E-state index in [1.807, 2.05) is 11.7 Å². The monoisotopic (exact) mass is 210 g/mol. The molecule has 1 heterocycles. The van der Waals surface area contributed by atoms with Crippen LogP contribution in [-0.2, 0) is 7.05 Å². The van der Waals surface area contributed by atoms with Crippen molar-refractivity contribution in [2.75, 3.05) is 23.7 Å². The average molecular weight is 210 g/mol. The molecule has 0 radical (unpaired) electrons. The van der Waals surface area contributed by atoms with Gasteiger partial charge < -0.3 is 10.6 Å². The highest BCUT2D eigenvalue weighted by Crippen LogP contribution is 2.30. The minimum absolute atomic E-state index is 0.375. The van der Waals surface area contributed by atoms with Gasteiger partial charge in [0, 0.05) is 20.1 Å². The van der Waals surface area contributed by atoms with Gasteiger partial charge in [-0.1, -0.05) is 13.8 Å². The zero-order valence-corrected chi connectivity index (χ0v) is 10.4. The molecule has 4 nitrogen and oxygen atoms in total. The van der Waals surface area contributed by atoms with Crippen molar-refractivity contribution in [3.63, 3.8) is 0 Å². The molecule has 0 bridgehead atoms. The Hall–Kier alpha value is -1.19. The maximum absolute atomic E-state index is 6.13. The summed E-state index contributed by atoms with van der Waals surface area (Å²) >= 11 is 0. The molecular formula is C11H22N4. The molecule has 1 rings (SSSR count). The Labute approximate surface area is 92.1 Å². The molecule has 86 valence electrons. The van der Waals surface area contributed by atoms with Crippen molar-refractivity contribution in [2.45, 2.75) is 33.6 Å². The molecule has 1 aromatic rings. The van der Waals surface area contributed by atoms with Crippen molar-refractivity contribution in [3.8, 4) is 0 Å². The van der Waals surface area contributed by atoms with E-state index in [1.54, 1.807) is 0 Å². The Kier molecular flexibility index (Phi) is 3.61. The summed E-state index contributed by atoms with van der Waals surface area (Å²) in [6.07, 6.45) is 0. The van der Waals surface area contributed by atoms with Gasteiger partial charge in [0.05, 0.1) is 11.4 Å². The molecule has 0 aliphatic heterocycles. The van der Waals surface area contributed by atoms with Crippen LogP contribution in [0.2, 0.25) is 0 Å². The van der Waals surface area contributed by atoms with Crippen LogP contribution < -0.4 is 10.6 Å². The molecule has 1 aromatic heterocycles. The van der Waals surface area contributed by atoms with Crippen molar-refractivity contribution in [3.05, 3.63) is 5.69 Å². The fourth-order valence-corrected chi connectivity index (χ4v) is 1.88. The Morgan fingerprint density at radius 3 is 2.20 bits per heavy atom. The highest BCUT2D eigenvalue weighted by atomic mass is 15.4. The predicted octanol–water partition coefficient (Wildman–Crippen LogP) is 1.97. The van der Waals surface area contributed by atoms with Crippen molar-refractivity contribution in [2.24, 2.45) is 7.05 Å². The van der Waals surface area contributed by atoms with Crippen molar-refractivity contribution < 1.29 is 0 Å². The van der Waals surface area contributed by atoms with E-state index in [9.17, 15) is 0 Å². The number of nitrogens with two attached hydrogens (primary N) is 1. The molecule has 2 N–H and O–H groups in total. The van der Waals surface area contributed by atoms with Crippen LogP contribution in [0.4, 0.5) is 11.5 Å². The fraction of sp³-hybridized carbons (Fsp3) is 0.727. The first-order valence-corrected chi connectivity index (χ1v) is 5.60. The lowest BCUT2D eigenvalue weighted by Crippen LogP contribution is -2.25. The van der Waals surface area contributed by atoms with Crippen LogP contribution in [0.25, 0.3) is 0 Å². The van der Waals surface area contributed by atoms with Crippen LogP contribution in [0.3, 0.4) is 0 Å². The predicted molar refractivity (Wildman–Crippen MR) is 65.3 cm³/mol. The topological polar surface area (TPSA) is 47.1 Å². The summed E-state index contributed by atoms with van der Waals surface area (Å²) in [4.78, 5) is 2.23. The Morgan fingerprint density at radius 1 is 1.33 bits per heavy atom. The van der Waals surface area contributed by atoms with E-state index in [2.05, 4.69) is 37.7 Å². The van der Waals surface area contributed by atoms with Crippen molar-refractivity contribution >= 4 is 11.5 Å². The molecule has 0 aliphatic rings. The molecule has 0 saturated carbocycles. The van der Waals surface area contributed by atoms with E-state index in [4.69, 9.17) is 5.73 Å². The SMILES string of the molecule is CCN(CC)c1c(N)c(C(C)C)nn1C. The number of nitrogens with zero attached hydrogens (tertiary/aromatic N) is 3. The minimum atomic E-state index is 0.375. The molecule has 4 heteroatoms. The summed E-state index contributed by atoms with van der Waals surface area (Å²) in [5.74, 6) is 1.42. The van der Waals surface area contributed by atoms with Gasteiger partial charge in [0.25, 0.3) is 0 Å². The number of nitrogen functional groups attached to an aromatic ring is 1. The normalized spacial score (nSPS) is 11.1.